The summed E-state index contributed by atoms with van der Waals surface area (Å²) in [5.74, 6) is 1.31. The van der Waals surface area contributed by atoms with Gasteiger partial charge in [0.15, 0.2) is 0 Å². The fourth-order valence-corrected chi connectivity index (χ4v) is 1.85. The summed E-state index contributed by atoms with van der Waals surface area (Å²) in [4.78, 5) is 0. The van der Waals surface area contributed by atoms with E-state index >= 15 is 0 Å². The van der Waals surface area contributed by atoms with Crippen LogP contribution in [-0.4, -0.2) is 17.2 Å². The Morgan fingerprint density at radius 2 is 2.00 bits per heavy atom. The summed E-state index contributed by atoms with van der Waals surface area (Å²) in [5, 5.41) is 10.8. The van der Waals surface area contributed by atoms with Crippen LogP contribution in [0.2, 0.25) is 0 Å². The van der Waals surface area contributed by atoms with Crippen LogP contribution in [0.15, 0.2) is 4.42 Å². The molecule has 1 saturated carbocycles. The number of anilines is 1. The van der Waals surface area contributed by atoms with Crippen LogP contribution >= 0.6 is 0 Å². The van der Waals surface area contributed by atoms with E-state index in [4.69, 9.17) is 4.42 Å². The summed E-state index contributed by atoms with van der Waals surface area (Å²) in [6, 6.07) is 0.528. The predicted octanol–water partition coefficient (Wildman–Crippen LogP) is 2.16. The molecule has 4 nitrogen and oxygen atoms in total. The second-order valence-corrected chi connectivity index (χ2v) is 3.53. The summed E-state index contributed by atoms with van der Waals surface area (Å²) in [5.41, 5.74) is 0. The third-order valence-electron chi connectivity index (χ3n) is 2.61. The molecule has 1 aliphatic rings. The van der Waals surface area contributed by atoms with E-state index < -0.39 is 0 Å². The molecule has 0 radical (unpaired) electrons. The van der Waals surface area contributed by atoms with Crippen LogP contribution in [0.1, 0.15) is 43.9 Å². The Labute approximate surface area is 77.7 Å². The highest BCUT2D eigenvalue weighted by Gasteiger charge is 2.20. The van der Waals surface area contributed by atoms with Crippen LogP contribution in [0.5, 0.6) is 0 Å². The number of hydrogen-bond donors (Lipinski definition) is 1. The summed E-state index contributed by atoms with van der Waals surface area (Å²) in [6.07, 6.45) is 6.34. The molecule has 0 unspecified atom stereocenters. The van der Waals surface area contributed by atoms with E-state index in [1.807, 2.05) is 0 Å². The molecule has 4 heteroatoms. The number of aromatic nitrogens is 2. The zero-order chi connectivity index (χ0) is 9.10. The third kappa shape index (κ3) is 1.82. The van der Waals surface area contributed by atoms with E-state index in [9.17, 15) is 0 Å². The first kappa shape index (κ1) is 8.53. The molecule has 1 aromatic rings. The van der Waals surface area contributed by atoms with Crippen LogP contribution in [0.25, 0.3) is 0 Å². The van der Waals surface area contributed by atoms with Gasteiger partial charge in [-0.2, -0.15) is 0 Å². The average Bonchev–Trinajstić information content (AvgIpc) is 2.67. The second-order valence-electron chi connectivity index (χ2n) is 3.53. The highest BCUT2D eigenvalue weighted by Crippen LogP contribution is 2.32. The lowest BCUT2D eigenvalue weighted by Gasteiger charge is -2.17. The minimum Gasteiger partial charge on any atom is -0.408 e. The first-order chi connectivity index (χ1) is 6.40. The SMILES string of the molecule is CNc1nnc(C2CCCCC2)o1. The molecular formula is C9H15N3O. The zero-order valence-corrected chi connectivity index (χ0v) is 7.92. The van der Waals surface area contributed by atoms with Crippen LogP contribution in [0.4, 0.5) is 6.01 Å². The van der Waals surface area contributed by atoms with Gasteiger partial charge in [0.05, 0.1) is 0 Å². The number of nitrogens with one attached hydrogen (secondary N) is 1. The largest absolute Gasteiger partial charge is 0.408 e. The number of nitrogens with zero attached hydrogens (tertiary/aromatic N) is 2. The third-order valence-corrected chi connectivity index (χ3v) is 2.61. The monoisotopic (exact) mass is 181 g/mol. The maximum Gasteiger partial charge on any atom is 0.315 e. The van der Waals surface area contributed by atoms with Crippen molar-refractivity contribution in [3.05, 3.63) is 5.89 Å². The normalized spacial score (nSPS) is 18.8. The van der Waals surface area contributed by atoms with Crippen molar-refractivity contribution in [1.82, 2.24) is 10.2 Å². The molecule has 72 valence electrons. The molecule has 0 saturated heterocycles. The molecule has 13 heavy (non-hydrogen) atoms. The van der Waals surface area contributed by atoms with Gasteiger partial charge in [0.1, 0.15) is 0 Å². The van der Waals surface area contributed by atoms with Crippen molar-refractivity contribution >= 4 is 6.01 Å². The fourth-order valence-electron chi connectivity index (χ4n) is 1.85. The van der Waals surface area contributed by atoms with Gasteiger partial charge in [-0.25, -0.2) is 0 Å². The van der Waals surface area contributed by atoms with Gasteiger partial charge < -0.3 is 9.73 Å². The first-order valence-corrected chi connectivity index (χ1v) is 4.91. The van der Waals surface area contributed by atoms with Crippen molar-refractivity contribution in [2.75, 3.05) is 12.4 Å². The maximum atomic E-state index is 5.44. The summed E-state index contributed by atoms with van der Waals surface area (Å²) < 4.78 is 5.44. The molecule has 2 rings (SSSR count). The standard InChI is InChI=1S/C9H15N3O/c1-10-9-12-11-8(13-9)7-5-3-2-4-6-7/h7H,2-6H2,1H3,(H,10,12). The van der Waals surface area contributed by atoms with E-state index in [2.05, 4.69) is 15.5 Å². The fraction of sp³-hybridized carbons (Fsp3) is 0.778. The van der Waals surface area contributed by atoms with E-state index in [0.717, 1.165) is 5.89 Å². The Balaban J connectivity index is 2.05. The van der Waals surface area contributed by atoms with Crippen molar-refractivity contribution in [3.8, 4) is 0 Å². The second kappa shape index (κ2) is 3.77. The lowest BCUT2D eigenvalue weighted by molar-refractivity contribution is 0.367. The molecule has 0 aromatic carbocycles. The molecule has 1 aliphatic carbocycles. The lowest BCUT2D eigenvalue weighted by Crippen LogP contribution is -2.04. The molecule has 0 bridgehead atoms. The van der Waals surface area contributed by atoms with Crippen LogP contribution in [0.3, 0.4) is 0 Å². The van der Waals surface area contributed by atoms with E-state index in [0.29, 0.717) is 11.9 Å². The molecule has 1 heterocycles. The zero-order valence-electron chi connectivity index (χ0n) is 7.92. The van der Waals surface area contributed by atoms with E-state index in [1.54, 1.807) is 7.05 Å². The Morgan fingerprint density at radius 1 is 1.23 bits per heavy atom. The van der Waals surface area contributed by atoms with Crippen molar-refractivity contribution in [1.29, 1.82) is 0 Å². The van der Waals surface area contributed by atoms with Gasteiger partial charge in [-0.1, -0.05) is 24.4 Å². The van der Waals surface area contributed by atoms with Crippen molar-refractivity contribution < 1.29 is 4.42 Å². The Hall–Kier alpha value is -1.06. The maximum absolute atomic E-state index is 5.44. The van der Waals surface area contributed by atoms with Gasteiger partial charge in [0, 0.05) is 13.0 Å². The van der Waals surface area contributed by atoms with Gasteiger partial charge in [0.2, 0.25) is 5.89 Å². The van der Waals surface area contributed by atoms with Crippen LogP contribution in [-0.2, 0) is 0 Å². The smallest absolute Gasteiger partial charge is 0.315 e. The van der Waals surface area contributed by atoms with Gasteiger partial charge in [-0.15, -0.1) is 5.10 Å². The Kier molecular flexibility index (Phi) is 2.47. The molecule has 1 N–H and O–H groups in total. The first-order valence-electron chi connectivity index (χ1n) is 4.91. The molecule has 0 atom stereocenters. The van der Waals surface area contributed by atoms with Crippen LogP contribution < -0.4 is 5.32 Å². The topological polar surface area (TPSA) is 51.0 Å². The van der Waals surface area contributed by atoms with Crippen LogP contribution in [0, 0.1) is 0 Å². The van der Waals surface area contributed by atoms with E-state index in [1.165, 1.54) is 32.1 Å². The lowest BCUT2D eigenvalue weighted by atomic mass is 9.89. The van der Waals surface area contributed by atoms with Gasteiger partial charge in [-0.3, -0.25) is 0 Å². The summed E-state index contributed by atoms with van der Waals surface area (Å²) in [7, 11) is 1.79. The van der Waals surface area contributed by atoms with Crippen molar-refractivity contribution in [2.45, 2.75) is 38.0 Å². The Bertz CT molecular complexity index is 266. The molecule has 1 fully saturated rings. The number of hydrogen-bond acceptors (Lipinski definition) is 4. The molecular weight excluding hydrogens is 166 g/mol. The number of rotatable bonds is 2. The minimum absolute atomic E-state index is 0.503. The minimum atomic E-state index is 0.503. The molecule has 0 spiro atoms. The molecule has 0 aliphatic heterocycles. The predicted molar refractivity (Wildman–Crippen MR) is 49.7 cm³/mol. The highest BCUT2D eigenvalue weighted by molar-refractivity contribution is 5.15. The quantitative estimate of drug-likeness (QED) is 0.759. The molecule has 0 amide bonds. The Morgan fingerprint density at radius 3 is 2.62 bits per heavy atom. The van der Waals surface area contributed by atoms with Gasteiger partial charge >= 0.3 is 6.01 Å². The summed E-state index contributed by atoms with van der Waals surface area (Å²) >= 11 is 0. The highest BCUT2D eigenvalue weighted by atomic mass is 16.4. The summed E-state index contributed by atoms with van der Waals surface area (Å²) in [6.45, 7) is 0. The van der Waals surface area contributed by atoms with E-state index in [-0.39, 0.29) is 0 Å². The van der Waals surface area contributed by atoms with Crippen molar-refractivity contribution in [3.63, 3.8) is 0 Å². The van der Waals surface area contributed by atoms with Crippen molar-refractivity contribution in [2.24, 2.45) is 0 Å². The van der Waals surface area contributed by atoms with Gasteiger partial charge in [0.25, 0.3) is 0 Å². The van der Waals surface area contributed by atoms with Gasteiger partial charge in [-0.05, 0) is 12.8 Å². The molecule has 1 aromatic heterocycles. The average molecular weight is 181 g/mol.